The summed E-state index contributed by atoms with van der Waals surface area (Å²) in [5.41, 5.74) is 0.313. The van der Waals surface area contributed by atoms with E-state index in [1.165, 1.54) is 19.3 Å². The normalized spacial score (nSPS) is 15.8. The minimum Gasteiger partial charge on any atom is -0.288 e. The van der Waals surface area contributed by atoms with E-state index in [4.69, 9.17) is 4.52 Å². The molecule has 1 unspecified atom stereocenters. The van der Waals surface area contributed by atoms with Gasteiger partial charge in [-0.2, -0.15) is 0 Å². The molecular formula is C16H33O2P. The van der Waals surface area contributed by atoms with E-state index in [1.54, 1.807) is 0 Å². The third-order valence-corrected chi connectivity index (χ3v) is 4.03. The van der Waals surface area contributed by atoms with Crippen LogP contribution in [-0.4, -0.2) is 5.60 Å². The molecule has 0 aliphatic carbocycles. The van der Waals surface area contributed by atoms with Gasteiger partial charge < -0.3 is 0 Å². The van der Waals surface area contributed by atoms with Gasteiger partial charge in [0.15, 0.2) is 0 Å². The second-order valence-electron chi connectivity index (χ2n) is 8.68. The van der Waals surface area contributed by atoms with Crippen molar-refractivity contribution < 1.29 is 9.09 Å². The molecule has 19 heavy (non-hydrogen) atoms. The standard InChI is InChI=1S/C16H33O2P/c1-13(11-14(2,3)4)9-10-15(5,6)12-16(7,8)18-19-17/h13H,9-12H2,1-8H3. The van der Waals surface area contributed by atoms with Crippen LogP contribution in [0.15, 0.2) is 0 Å². The lowest BCUT2D eigenvalue weighted by Crippen LogP contribution is -2.29. The van der Waals surface area contributed by atoms with Crippen molar-refractivity contribution in [2.45, 2.75) is 86.7 Å². The van der Waals surface area contributed by atoms with Crippen LogP contribution in [0.4, 0.5) is 0 Å². The Balaban J connectivity index is 4.27. The highest BCUT2D eigenvalue weighted by Crippen LogP contribution is 2.38. The Morgan fingerprint density at radius 1 is 1.05 bits per heavy atom. The van der Waals surface area contributed by atoms with E-state index in [9.17, 15) is 4.57 Å². The predicted molar refractivity (Wildman–Crippen MR) is 83.6 cm³/mol. The van der Waals surface area contributed by atoms with E-state index in [-0.39, 0.29) is 19.7 Å². The third kappa shape index (κ3) is 10.5. The average molecular weight is 288 g/mol. The first-order chi connectivity index (χ1) is 8.37. The fourth-order valence-corrected chi connectivity index (χ4v) is 3.42. The molecule has 3 heteroatoms. The van der Waals surface area contributed by atoms with Gasteiger partial charge in [0.25, 0.3) is 0 Å². The number of rotatable bonds is 8. The predicted octanol–water partition coefficient (Wildman–Crippen LogP) is 6.26. The van der Waals surface area contributed by atoms with Crippen molar-refractivity contribution in [3.63, 3.8) is 0 Å². The summed E-state index contributed by atoms with van der Waals surface area (Å²) in [6.07, 6.45) is 4.63. The zero-order chi connectivity index (χ0) is 15.3. The fourth-order valence-electron chi connectivity index (χ4n) is 3.16. The van der Waals surface area contributed by atoms with E-state index in [1.807, 2.05) is 13.8 Å². The van der Waals surface area contributed by atoms with Gasteiger partial charge in [-0.3, -0.25) is 4.52 Å². The van der Waals surface area contributed by atoms with Gasteiger partial charge in [-0.05, 0) is 49.9 Å². The van der Waals surface area contributed by atoms with Crippen LogP contribution >= 0.6 is 8.69 Å². The molecule has 114 valence electrons. The average Bonchev–Trinajstić information content (AvgIpc) is 2.10. The fraction of sp³-hybridized carbons (Fsp3) is 1.00. The van der Waals surface area contributed by atoms with E-state index < -0.39 is 0 Å². The molecule has 0 aliphatic rings. The van der Waals surface area contributed by atoms with Gasteiger partial charge in [0.1, 0.15) is 0 Å². The van der Waals surface area contributed by atoms with Gasteiger partial charge >= 0.3 is 8.69 Å². The van der Waals surface area contributed by atoms with Crippen LogP contribution in [0.5, 0.6) is 0 Å². The molecule has 0 saturated heterocycles. The minimum absolute atomic E-state index is 0.217. The molecule has 0 spiro atoms. The maximum atomic E-state index is 10.6. The van der Waals surface area contributed by atoms with Gasteiger partial charge in [0.05, 0.1) is 5.60 Å². The van der Waals surface area contributed by atoms with Crippen molar-refractivity contribution >= 4 is 8.69 Å². The first-order valence-corrected chi connectivity index (χ1v) is 8.11. The lowest BCUT2D eigenvalue weighted by atomic mass is 9.75. The van der Waals surface area contributed by atoms with Gasteiger partial charge in [0, 0.05) is 0 Å². The lowest BCUT2D eigenvalue weighted by Gasteiger charge is -2.34. The Morgan fingerprint density at radius 3 is 2.00 bits per heavy atom. The van der Waals surface area contributed by atoms with Crippen LogP contribution in [0.25, 0.3) is 0 Å². The van der Waals surface area contributed by atoms with Gasteiger partial charge in [-0.15, -0.1) is 0 Å². The Kier molecular flexibility index (Phi) is 7.20. The summed E-state index contributed by atoms with van der Waals surface area (Å²) in [7, 11) is -0.217. The lowest BCUT2D eigenvalue weighted by molar-refractivity contribution is 0.0625. The second-order valence-corrected chi connectivity index (χ2v) is 9.01. The van der Waals surface area contributed by atoms with Gasteiger partial charge in [-0.25, -0.2) is 4.57 Å². The van der Waals surface area contributed by atoms with Gasteiger partial charge in [-0.1, -0.05) is 48.0 Å². The largest absolute Gasteiger partial charge is 0.327 e. The molecule has 0 aromatic rings. The molecule has 0 saturated carbocycles. The number of hydrogen-bond donors (Lipinski definition) is 0. The minimum atomic E-state index is -0.319. The Morgan fingerprint density at radius 2 is 1.58 bits per heavy atom. The maximum Gasteiger partial charge on any atom is 0.327 e. The first-order valence-electron chi connectivity index (χ1n) is 7.38. The monoisotopic (exact) mass is 288 g/mol. The van der Waals surface area contributed by atoms with E-state index in [2.05, 4.69) is 41.5 Å². The van der Waals surface area contributed by atoms with Crippen LogP contribution < -0.4 is 0 Å². The summed E-state index contributed by atoms with van der Waals surface area (Å²) in [4.78, 5) is 0. The summed E-state index contributed by atoms with van der Waals surface area (Å²) in [6.45, 7) is 17.8. The Bertz CT molecular complexity index is 277. The zero-order valence-electron chi connectivity index (χ0n) is 14.2. The topological polar surface area (TPSA) is 26.3 Å². The smallest absolute Gasteiger partial charge is 0.288 e. The zero-order valence-corrected chi connectivity index (χ0v) is 15.1. The Hall–Kier alpha value is 0.0600. The van der Waals surface area contributed by atoms with Crippen LogP contribution in [0.1, 0.15) is 81.1 Å². The molecule has 0 aromatic heterocycles. The van der Waals surface area contributed by atoms with Crippen molar-refractivity contribution in [3.8, 4) is 0 Å². The molecule has 0 amide bonds. The quantitative estimate of drug-likeness (QED) is 0.493. The summed E-state index contributed by atoms with van der Waals surface area (Å²) in [5.74, 6) is 0.751. The molecule has 0 aliphatic heterocycles. The van der Waals surface area contributed by atoms with Crippen LogP contribution in [0.3, 0.4) is 0 Å². The summed E-state index contributed by atoms with van der Waals surface area (Å²) in [6, 6.07) is 0. The van der Waals surface area contributed by atoms with Crippen LogP contribution in [0.2, 0.25) is 0 Å². The summed E-state index contributed by atoms with van der Waals surface area (Å²) in [5, 5.41) is 0. The van der Waals surface area contributed by atoms with Crippen molar-refractivity contribution in [2.75, 3.05) is 0 Å². The first kappa shape index (κ1) is 19.1. The molecule has 1 atom stereocenters. The number of hydrogen-bond acceptors (Lipinski definition) is 2. The van der Waals surface area contributed by atoms with Crippen LogP contribution in [-0.2, 0) is 9.09 Å². The van der Waals surface area contributed by atoms with Crippen molar-refractivity contribution in [2.24, 2.45) is 16.7 Å². The highest BCUT2D eigenvalue weighted by molar-refractivity contribution is 7.17. The second kappa shape index (κ2) is 7.18. The molecule has 2 nitrogen and oxygen atoms in total. The van der Waals surface area contributed by atoms with Gasteiger partial charge in [0.2, 0.25) is 0 Å². The van der Waals surface area contributed by atoms with Crippen molar-refractivity contribution in [1.82, 2.24) is 0 Å². The maximum absolute atomic E-state index is 10.6. The Labute approximate surface area is 122 Å². The van der Waals surface area contributed by atoms with Crippen LogP contribution in [0, 0.1) is 16.7 Å². The molecular weight excluding hydrogens is 255 g/mol. The van der Waals surface area contributed by atoms with Crippen molar-refractivity contribution in [3.05, 3.63) is 0 Å². The summed E-state index contributed by atoms with van der Waals surface area (Å²) < 4.78 is 15.9. The molecule has 0 rings (SSSR count). The molecule has 0 fully saturated rings. The molecule has 0 bridgehead atoms. The van der Waals surface area contributed by atoms with E-state index >= 15 is 0 Å². The molecule has 0 heterocycles. The third-order valence-electron chi connectivity index (χ3n) is 3.46. The van der Waals surface area contributed by atoms with E-state index in [0.29, 0.717) is 5.41 Å². The molecule has 0 radical (unpaired) electrons. The van der Waals surface area contributed by atoms with E-state index in [0.717, 1.165) is 12.3 Å². The highest BCUT2D eigenvalue weighted by Gasteiger charge is 2.30. The summed E-state index contributed by atoms with van der Waals surface area (Å²) >= 11 is 0. The molecule has 0 N–H and O–H groups in total. The van der Waals surface area contributed by atoms with Crippen molar-refractivity contribution in [1.29, 1.82) is 0 Å². The molecule has 0 aromatic carbocycles. The highest BCUT2D eigenvalue weighted by atomic mass is 31.1. The SMILES string of the molecule is CC(CCC(C)(C)CC(C)(C)OP=O)CC(C)(C)C.